The summed E-state index contributed by atoms with van der Waals surface area (Å²) in [7, 11) is 0. The van der Waals surface area contributed by atoms with E-state index in [1.807, 2.05) is 26.0 Å². The van der Waals surface area contributed by atoms with Crippen molar-refractivity contribution in [3.63, 3.8) is 0 Å². The van der Waals surface area contributed by atoms with Gasteiger partial charge in [0.25, 0.3) is 0 Å². The lowest BCUT2D eigenvalue weighted by molar-refractivity contribution is -0.144. The first-order chi connectivity index (χ1) is 9.86. The number of esters is 2. The Hall–Kier alpha value is -1.58. The van der Waals surface area contributed by atoms with Gasteiger partial charge in [-0.2, -0.15) is 0 Å². The number of rotatable bonds is 1. The molecule has 1 heterocycles. The van der Waals surface area contributed by atoms with Gasteiger partial charge in [0.1, 0.15) is 12.2 Å². The van der Waals surface area contributed by atoms with Gasteiger partial charge in [0.05, 0.1) is 5.92 Å². The molecule has 0 saturated carbocycles. The molecular formula is C17H24O4. The summed E-state index contributed by atoms with van der Waals surface area (Å²) in [5.74, 6) is -0.184. The Labute approximate surface area is 126 Å². The van der Waals surface area contributed by atoms with Crippen LogP contribution in [0.2, 0.25) is 0 Å². The van der Waals surface area contributed by atoms with Gasteiger partial charge >= 0.3 is 11.9 Å². The van der Waals surface area contributed by atoms with Gasteiger partial charge in [-0.25, -0.2) is 0 Å². The van der Waals surface area contributed by atoms with Crippen molar-refractivity contribution in [1.29, 1.82) is 0 Å². The normalized spacial score (nSPS) is 33.4. The molecule has 4 unspecified atom stereocenters. The van der Waals surface area contributed by atoms with E-state index in [-0.39, 0.29) is 36.0 Å². The average Bonchev–Trinajstić information content (AvgIpc) is 2.61. The smallest absolute Gasteiger partial charge is 0.309 e. The van der Waals surface area contributed by atoms with Crippen molar-refractivity contribution in [3.8, 4) is 0 Å². The summed E-state index contributed by atoms with van der Waals surface area (Å²) in [5.41, 5.74) is 2.28. The molecule has 21 heavy (non-hydrogen) atoms. The monoisotopic (exact) mass is 292 g/mol. The number of carbonyl (C=O) groups is 2. The molecule has 0 aromatic heterocycles. The van der Waals surface area contributed by atoms with Crippen LogP contribution < -0.4 is 0 Å². The van der Waals surface area contributed by atoms with Crippen LogP contribution in [0.15, 0.2) is 23.3 Å². The van der Waals surface area contributed by atoms with Gasteiger partial charge in [0.15, 0.2) is 0 Å². The van der Waals surface area contributed by atoms with Crippen LogP contribution in [0.1, 0.15) is 47.0 Å². The van der Waals surface area contributed by atoms with Crippen LogP contribution in [-0.4, -0.2) is 24.1 Å². The van der Waals surface area contributed by atoms with E-state index in [0.29, 0.717) is 6.42 Å². The Morgan fingerprint density at radius 3 is 2.67 bits per heavy atom. The van der Waals surface area contributed by atoms with Gasteiger partial charge in [-0.15, -0.1) is 0 Å². The highest BCUT2D eigenvalue weighted by atomic mass is 16.6. The molecule has 1 saturated heterocycles. The molecule has 116 valence electrons. The SMILES string of the molecule is CC(=O)OC1C=C(C)CCC2C(C=C(C)C1)OC(=O)C2C. The topological polar surface area (TPSA) is 52.6 Å². The zero-order valence-electron chi connectivity index (χ0n) is 13.2. The molecule has 0 aromatic rings. The van der Waals surface area contributed by atoms with Crippen LogP contribution in [0.25, 0.3) is 0 Å². The van der Waals surface area contributed by atoms with E-state index in [2.05, 4.69) is 6.92 Å². The predicted molar refractivity (Wildman–Crippen MR) is 79.5 cm³/mol. The Kier molecular flexibility index (Phi) is 4.86. The van der Waals surface area contributed by atoms with Crippen LogP contribution in [0.3, 0.4) is 0 Å². The van der Waals surface area contributed by atoms with E-state index in [9.17, 15) is 9.59 Å². The van der Waals surface area contributed by atoms with Crippen molar-refractivity contribution in [2.24, 2.45) is 11.8 Å². The summed E-state index contributed by atoms with van der Waals surface area (Å²) in [6.45, 7) is 7.42. The van der Waals surface area contributed by atoms with Crippen LogP contribution in [0.5, 0.6) is 0 Å². The number of ether oxygens (including phenoxy) is 2. The summed E-state index contributed by atoms with van der Waals surface area (Å²) in [6, 6.07) is 0. The summed E-state index contributed by atoms with van der Waals surface area (Å²) in [5, 5.41) is 0. The number of hydrogen-bond donors (Lipinski definition) is 0. The fraction of sp³-hybridized carbons (Fsp3) is 0.647. The second-order valence-electron chi connectivity index (χ2n) is 6.27. The lowest BCUT2D eigenvalue weighted by atomic mass is 9.84. The number of allylic oxidation sites excluding steroid dienone is 1. The molecule has 2 aliphatic rings. The lowest BCUT2D eigenvalue weighted by Gasteiger charge is -2.21. The largest absolute Gasteiger partial charge is 0.458 e. The molecule has 4 nitrogen and oxygen atoms in total. The second-order valence-corrected chi connectivity index (χ2v) is 6.27. The van der Waals surface area contributed by atoms with Crippen molar-refractivity contribution >= 4 is 11.9 Å². The summed E-state index contributed by atoms with van der Waals surface area (Å²) >= 11 is 0. The minimum absolute atomic E-state index is 0.0458. The standard InChI is InChI=1S/C17H24O4/c1-10-5-6-15-12(3)17(19)21-16(15)9-11(2)8-14(7-10)20-13(4)18/h7,9,12,14-16H,5-6,8H2,1-4H3. The van der Waals surface area contributed by atoms with Crippen LogP contribution in [0.4, 0.5) is 0 Å². The van der Waals surface area contributed by atoms with E-state index < -0.39 is 0 Å². The van der Waals surface area contributed by atoms with E-state index in [0.717, 1.165) is 18.4 Å². The third kappa shape index (κ3) is 3.96. The van der Waals surface area contributed by atoms with E-state index in [4.69, 9.17) is 9.47 Å². The number of carbonyl (C=O) groups excluding carboxylic acids is 2. The maximum Gasteiger partial charge on any atom is 0.309 e. The average molecular weight is 292 g/mol. The zero-order valence-corrected chi connectivity index (χ0v) is 13.2. The molecular weight excluding hydrogens is 268 g/mol. The van der Waals surface area contributed by atoms with Gasteiger partial charge in [0, 0.05) is 19.3 Å². The van der Waals surface area contributed by atoms with Gasteiger partial charge in [-0.05, 0) is 38.8 Å². The molecule has 1 aliphatic heterocycles. The summed E-state index contributed by atoms with van der Waals surface area (Å²) in [6.07, 6.45) is 6.13. The van der Waals surface area contributed by atoms with Crippen LogP contribution in [0, 0.1) is 11.8 Å². The highest BCUT2D eigenvalue weighted by molar-refractivity contribution is 5.75. The van der Waals surface area contributed by atoms with Gasteiger partial charge in [-0.3, -0.25) is 9.59 Å². The molecule has 0 amide bonds. The van der Waals surface area contributed by atoms with Crippen LogP contribution in [-0.2, 0) is 19.1 Å². The van der Waals surface area contributed by atoms with Crippen molar-refractivity contribution in [2.75, 3.05) is 0 Å². The summed E-state index contributed by atoms with van der Waals surface area (Å²) in [4.78, 5) is 23.0. The molecule has 0 spiro atoms. The molecule has 4 atom stereocenters. The van der Waals surface area contributed by atoms with E-state index >= 15 is 0 Å². The fourth-order valence-corrected chi connectivity index (χ4v) is 3.17. The minimum Gasteiger partial charge on any atom is -0.458 e. The Morgan fingerprint density at radius 1 is 1.29 bits per heavy atom. The Bertz CT molecular complexity index is 489. The van der Waals surface area contributed by atoms with E-state index in [1.54, 1.807) is 0 Å². The minimum atomic E-state index is -0.271. The zero-order chi connectivity index (χ0) is 15.6. The quantitative estimate of drug-likeness (QED) is 0.550. The molecule has 2 rings (SSSR count). The first-order valence-electron chi connectivity index (χ1n) is 7.59. The van der Waals surface area contributed by atoms with E-state index in [1.165, 1.54) is 12.5 Å². The lowest BCUT2D eigenvalue weighted by Crippen LogP contribution is -2.21. The van der Waals surface area contributed by atoms with Gasteiger partial charge in [0.2, 0.25) is 0 Å². The van der Waals surface area contributed by atoms with Crippen LogP contribution >= 0.6 is 0 Å². The third-order valence-corrected chi connectivity index (χ3v) is 4.32. The second kappa shape index (κ2) is 6.46. The first-order valence-corrected chi connectivity index (χ1v) is 7.59. The maximum atomic E-state index is 11.8. The Morgan fingerprint density at radius 2 is 2.00 bits per heavy atom. The molecule has 0 radical (unpaired) electrons. The Balaban J connectivity index is 2.22. The van der Waals surface area contributed by atoms with Crippen molar-refractivity contribution in [2.45, 2.75) is 59.2 Å². The molecule has 1 aliphatic carbocycles. The van der Waals surface area contributed by atoms with Crippen molar-refractivity contribution < 1.29 is 19.1 Å². The highest BCUT2D eigenvalue weighted by Crippen LogP contribution is 2.35. The summed E-state index contributed by atoms with van der Waals surface area (Å²) < 4.78 is 10.8. The van der Waals surface area contributed by atoms with Gasteiger partial charge in [-0.1, -0.05) is 18.1 Å². The van der Waals surface area contributed by atoms with Gasteiger partial charge < -0.3 is 9.47 Å². The molecule has 0 bridgehead atoms. The third-order valence-electron chi connectivity index (χ3n) is 4.32. The van der Waals surface area contributed by atoms with Crippen molar-refractivity contribution in [3.05, 3.63) is 23.3 Å². The first kappa shape index (κ1) is 15.8. The number of hydrogen-bond acceptors (Lipinski definition) is 4. The highest BCUT2D eigenvalue weighted by Gasteiger charge is 2.40. The maximum absolute atomic E-state index is 11.8. The molecule has 1 fully saturated rings. The predicted octanol–water partition coefficient (Wildman–Crippen LogP) is 3.17. The fourth-order valence-electron chi connectivity index (χ4n) is 3.17. The molecule has 0 aromatic carbocycles. The molecule has 4 heteroatoms. The number of fused-ring (bicyclic) bond motifs is 1. The van der Waals surface area contributed by atoms with Crippen molar-refractivity contribution in [1.82, 2.24) is 0 Å². The molecule has 0 N–H and O–H groups in total.